The summed E-state index contributed by atoms with van der Waals surface area (Å²) in [6, 6.07) is 4.97. The highest BCUT2D eigenvalue weighted by atomic mass is 127. The molecule has 2 atom stereocenters. The van der Waals surface area contributed by atoms with Gasteiger partial charge in [-0.3, -0.25) is 4.79 Å². The predicted octanol–water partition coefficient (Wildman–Crippen LogP) is 1.48. The van der Waals surface area contributed by atoms with Gasteiger partial charge < -0.3 is 19.5 Å². The Hall–Kier alpha value is -0.860. The number of aromatic hydroxyl groups is 1. The number of carbonyl (C=O) groups excluding carboxylic acids is 1. The number of amides is 1. The summed E-state index contributed by atoms with van der Waals surface area (Å²) in [5.74, 6) is -0.196. The van der Waals surface area contributed by atoms with Gasteiger partial charge in [-0.1, -0.05) is 0 Å². The van der Waals surface area contributed by atoms with Gasteiger partial charge in [0.2, 0.25) is 0 Å². The van der Waals surface area contributed by atoms with Crippen LogP contribution >= 0.6 is 22.6 Å². The molecule has 0 bridgehead atoms. The molecule has 1 aromatic rings. The number of ether oxygens (including phenoxy) is 2. The van der Waals surface area contributed by atoms with Crippen LogP contribution in [0.1, 0.15) is 10.4 Å². The van der Waals surface area contributed by atoms with Gasteiger partial charge in [-0.2, -0.15) is 0 Å². The molecule has 1 fully saturated rings. The van der Waals surface area contributed by atoms with Crippen LogP contribution in [0.15, 0.2) is 18.2 Å². The van der Waals surface area contributed by atoms with E-state index in [0.29, 0.717) is 18.7 Å². The van der Waals surface area contributed by atoms with Gasteiger partial charge in [0.05, 0.1) is 5.56 Å². The van der Waals surface area contributed by atoms with Crippen LogP contribution in [-0.4, -0.2) is 55.4 Å². The largest absolute Gasteiger partial charge is 0.507 e. The molecule has 0 saturated carbocycles. The number of likely N-dealkylation sites (tertiary alicyclic amines) is 1. The van der Waals surface area contributed by atoms with E-state index in [1.807, 2.05) is 0 Å². The van der Waals surface area contributed by atoms with Gasteiger partial charge in [0.15, 0.2) is 0 Å². The maximum atomic E-state index is 12.4. The van der Waals surface area contributed by atoms with Gasteiger partial charge >= 0.3 is 0 Å². The minimum absolute atomic E-state index is 0.000231. The zero-order chi connectivity index (χ0) is 14.0. The van der Waals surface area contributed by atoms with E-state index < -0.39 is 0 Å². The molecule has 1 aliphatic rings. The molecule has 1 aromatic carbocycles. The standard InChI is InChI=1S/C13H16INO4/c1-18-11-6-15(7-12(11)19-2)13(17)9-5-8(14)3-4-10(9)16/h3-5,11-12,16H,6-7H2,1-2H3. The van der Waals surface area contributed by atoms with Crippen LogP contribution in [0.4, 0.5) is 0 Å². The zero-order valence-corrected chi connectivity index (χ0v) is 13.0. The molecule has 5 nitrogen and oxygen atoms in total. The summed E-state index contributed by atoms with van der Waals surface area (Å²) >= 11 is 2.11. The van der Waals surface area contributed by atoms with Crippen molar-refractivity contribution in [3.05, 3.63) is 27.3 Å². The SMILES string of the molecule is COC1CN(C(=O)c2cc(I)ccc2O)CC1OC. The second-order valence-electron chi connectivity index (χ2n) is 4.42. The maximum Gasteiger partial charge on any atom is 0.257 e. The minimum atomic E-state index is -0.197. The number of carbonyl (C=O) groups is 1. The molecule has 0 aliphatic carbocycles. The van der Waals surface area contributed by atoms with E-state index in [0.717, 1.165) is 3.57 Å². The number of halogens is 1. The molecular weight excluding hydrogens is 361 g/mol. The summed E-state index contributed by atoms with van der Waals surface area (Å²) in [6.45, 7) is 0.942. The van der Waals surface area contributed by atoms with Crippen molar-refractivity contribution < 1.29 is 19.4 Å². The van der Waals surface area contributed by atoms with E-state index in [1.165, 1.54) is 6.07 Å². The first-order valence-electron chi connectivity index (χ1n) is 5.90. The quantitative estimate of drug-likeness (QED) is 0.811. The van der Waals surface area contributed by atoms with Crippen LogP contribution in [-0.2, 0) is 9.47 Å². The van der Waals surface area contributed by atoms with Crippen LogP contribution in [0.2, 0.25) is 0 Å². The molecule has 6 heteroatoms. The van der Waals surface area contributed by atoms with E-state index in [-0.39, 0.29) is 23.9 Å². The Morgan fingerprint density at radius 2 is 1.89 bits per heavy atom. The average molecular weight is 377 g/mol. The van der Waals surface area contributed by atoms with Crippen LogP contribution in [0, 0.1) is 3.57 Å². The Labute approximate surface area is 125 Å². The fourth-order valence-electron chi connectivity index (χ4n) is 2.21. The Balaban J connectivity index is 2.19. The molecule has 1 saturated heterocycles. The molecular formula is C13H16INO4. The van der Waals surface area contributed by atoms with Crippen LogP contribution in [0.3, 0.4) is 0 Å². The number of benzene rings is 1. The smallest absolute Gasteiger partial charge is 0.257 e. The normalized spacial score (nSPS) is 22.8. The number of methoxy groups -OCH3 is 2. The lowest BCUT2D eigenvalue weighted by Gasteiger charge is -2.16. The van der Waals surface area contributed by atoms with E-state index >= 15 is 0 Å². The van der Waals surface area contributed by atoms with E-state index in [1.54, 1.807) is 31.3 Å². The molecule has 0 aromatic heterocycles. The number of phenolic OH excluding ortho intramolecular Hbond substituents is 1. The molecule has 1 aliphatic heterocycles. The predicted molar refractivity (Wildman–Crippen MR) is 78.3 cm³/mol. The molecule has 1 heterocycles. The third-order valence-corrected chi connectivity index (χ3v) is 3.97. The summed E-state index contributed by atoms with van der Waals surface area (Å²) < 4.78 is 11.5. The monoisotopic (exact) mass is 377 g/mol. The molecule has 2 unspecified atom stereocenters. The van der Waals surface area contributed by atoms with E-state index in [2.05, 4.69) is 22.6 Å². The molecule has 1 N–H and O–H groups in total. The second-order valence-corrected chi connectivity index (χ2v) is 5.67. The topological polar surface area (TPSA) is 59.0 Å². The minimum Gasteiger partial charge on any atom is -0.507 e. The Morgan fingerprint density at radius 3 is 2.42 bits per heavy atom. The maximum absolute atomic E-state index is 12.4. The van der Waals surface area contributed by atoms with Crippen molar-refractivity contribution in [1.29, 1.82) is 0 Å². The Morgan fingerprint density at radius 1 is 1.32 bits per heavy atom. The van der Waals surface area contributed by atoms with Crippen LogP contribution < -0.4 is 0 Å². The highest BCUT2D eigenvalue weighted by Crippen LogP contribution is 2.24. The van der Waals surface area contributed by atoms with Crippen molar-refractivity contribution in [1.82, 2.24) is 4.90 Å². The summed E-state index contributed by atoms with van der Waals surface area (Å²) in [5.41, 5.74) is 0.318. The number of phenols is 1. The Kier molecular flexibility index (Phi) is 4.64. The van der Waals surface area contributed by atoms with E-state index in [4.69, 9.17) is 9.47 Å². The summed E-state index contributed by atoms with van der Waals surface area (Å²) in [4.78, 5) is 14.0. The molecule has 1 amide bonds. The fourth-order valence-corrected chi connectivity index (χ4v) is 2.70. The molecule has 0 radical (unpaired) electrons. The van der Waals surface area contributed by atoms with Gasteiger partial charge in [-0.15, -0.1) is 0 Å². The third kappa shape index (κ3) is 3.01. The zero-order valence-electron chi connectivity index (χ0n) is 10.8. The second kappa shape index (κ2) is 6.06. The highest BCUT2D eigenvalue weighted by molar-refractivity contribution is 14.1. The van der Waals surface area contributed by atoms with Crippen molar-refractivity contribution in [3.8, 4) is 5.75 Å². The van der Waals surface area contributed by atoms with Crippen molar-refractivity contribution in [2.45, 2.75) is 12.2 Å². The first-order valence-corrected chi connectivity index (χ1v) is 6.98. The summed E-state index contributed by atoms with van der Waals surface area (Å²) in [6.07, 6.45) is -0.252. The van der Waals surface area contributed by atoms with Crippen molar-refractivity contribution in [2.75, 3.05) is 27.3 Å². The molecule has 0 spiro atoms. The van der Waals surface area contributed by atoms with Gasteiger partial charge in [0.1, 0.15) is 18.0 Å². The summed E-state index contributed by atoms with van der Waals surface area (Å²) in [7, 11) is 3.21. The highest BCUT2D eigenvalue weighted by Gasteiger charge is 2.36. The molecule has 19 heavy (non-hydrogen) atoms. The van der Waals surface area contributed by atoms with Gasteiger partial charge in [-0.05, 0) is 40.8 Å². The lowest BCUT2D eigenvalue weighted by atomic mass is 10.2. The Bertz CT molecular complexity index is 468. The third-order valence-electron chi connectivity index (χ3n) is 3.30. The number of hydrogen-bond acceptors (Lipinski definition) is 4. The summed E-state index contributed by atoms with van der Waals surface area (Å²) in [5, 5.41) is 9.80. The lowest BCUT2D eigenvalue weighted by Crippen LogP contribution is -2.30. The lowest BCUT2D eigenvalue weighted by molar-refractivity contribution is -0.00461. The van der Waals surface area contributed by atoms with Crippen molar-refractivity contribution >= 4 is 28.5 Å². The van der Waals surface area contributed by atoms with Gasteiger partial charge in [0, 0.05) is 30.9 Å². The van der Waals surface area contributed by atoms with E-state index in [9.17, 15) is 9.90 Å². The first kappa shape index (κ1) is 14.5. The molecule has 2 rings (SSSR count). The fraction of sp³-hybridized carbons (Fsp3) is 0.462. The van der Waals surface area contributed by atoms with Crippen molar-refractivity contribution in [3.63, 3.8) is 0 Å². The number of rotatable bonds is 3. The molecule has 104 valence electrons. The van der Waals surface area contributed by atoms with Gasteiger partial charge in [0.25, 0.3) is 5.91 Å². The average Bonchev–Trinajstić information content (AvgIpc) is 2.84. The first-order chi connectivity index (χ1) is 9.06. The van der Waals surface area contributed by atoms with Crippen molar-refractivity contribution in [2.24, 2.45) is 0 Å². The number of nitrogens with zero attached hydrogens (tertiary/aromatic N) is 1. The van der Waals surface area contributed by atoms with Crippen LogP contribution in [0.25, 0.3) is 0 Å². The van der Waals surface area contributed by atoms with Gasteiger partial charge in [-0.25, -0.2) is 0 Å². The van der Waals surface area contributed by atoms with Crippen LogP contribution in [0.5, 0.6) is 5.75 Å². The number of hydrogen-bond donors (Lipinski definition) is 1.